The average Bonchev–Trinajstić information content (AvgIpc) is 2.85. The summed E-state index contributed by atoms with van der Waals surface area (Å²) in [6.07, 6.45) is 0. The number of aromatic nitrogens is 1. The zero-order chi connectivity index (χ0) is 13.3. The quantitative estimate of drug-likeness (QED) is 0.922. The molecule has 0 fully saturated rings. The van der Waals surface area contributed by atoms with Crippen LogP contribution in [0.2, 0.25) is 0 Å². The van der Waals surface area contributed by atoms with Gasteiger partial charge in [0.1, 0.15) is 0 Å². The van der Waals surface area contributed by atoms with Gasteiger partial charge >= 0.3 is 0 Å². The second-order valence-electron chi connectivity index (χ2n) is 5.11. The average molecular weight is 283 g/mol. The molecule has 1 aromatic rings. The zero-order valence-corrected chi connectivity index (χ0v) is 13.3. The normalized spacial score (nSPS) is 21.2. The smallest absolute Gasteiger partial charge is 0.157 e. The van der Waals surface area contributed by atoms with Crippen LogP contribution in [-0.2, 0) is 0 Å². The molecule has 0 saturated carbocycles. The van der Waals surface area contributed by atoms with Crippen LogP contribution in [0.15, 0.2) is 4.99 Å². The van der Waals surface area contributed by atoms with E-state index < -0.39 is 0 Å². The number of nitrogens with zero attached hydrogens (tertiary/aromatic N) is 2. The van der Waals surface area contributed by atoms with Crippen LogP contribution in [0.5, 0.6) is 0 Å². The van der Waals surface area contributed by atoms with Gasteiger partial charge in [0.25, 0.3) is 0 Å². The first kappa shape index (κ1) is 13.9. The van der Waals surface area contributed by atoms with Crippen LogP contribution in [0.3, 0.4) is 0 Å². The molecule has 3 nitrogen and oxygen atoms in total. The molecular formula is C13H21N3S2. The van der Waals surface area contributed by atoms with Gasteiger partial charge in [0.15, 0.2) is 5.17 Å². The minimum absolute atomic E-state index is 0.299. The molecular weight excluding hydrogens is 262 g/mol. The number of amidine groups is 1. The molecule has 18 heavy (non-hydrogen) atoms. The molecule has 1 aliphatic rings. The monoisotopic (exact) mass is 283 g/mol. The first-order chi connectivity index (χ1) is 8.47. The highest BCUT2D eigenvalue weighted by Gasteiger charge is 2.23. The largest absolute Gasteiger partial charge is 0.358 e. The summed E-state index contributed by atoms with van der Waals surface area (Å²) in [5, 5.41) is 5.74. The summed E-state index contributed by atoms with van der Waals surface area (Å²) in [6.45, 7) is 10.8. The fraction of sp³-hybridized carbons (Fsp3) is 0.692. The van der Waals surface area contributed by atoms with Gasteiger partial charge in [-0.05, 0) is 26.7 Å². The van der Waals surface area contributed by atoms with Crippen molar-refractivity contribution in [3.05, 3.63) is 15.6 Å². The number of nitrogens with one attached hydrogen (secondary N) is 1. The minimum atomic E-state index is 0.299. The van der Waals surface area contributed by atoms with E-state index in [2.05, 4.69) is 44.9 Å². The lowest BCUT2D eigenvalue weighted by atomic mass is 10.1. The van der Waals surface area contributed by atoms with E-state index >= 15 is 0 Å². The van der Waals surface area contributed by atoms with Gasteiger partial charge in [0, 0.05) is 10.6 Å². The van der Waals surface area contributed by atoms with Gasteiger partial charge in [0.05, 0.1) is 22.8 Å². The minimum Gasteiger partial charge on any atom is -0.358 e. The van der Waals surface area contributed by atoms with E-state index in [1.54, 1.807) is 11.3 Å². The molecule has 2 atom stereocenters. The van der Waals surface area contributed by atoms with Crippen molar-refractivity contribution in [2.24, 2.45) is 10.9 Å². The van der Waals surface area contributed by atoms with E-state index in [0.29, 0.717) is 18.0 Å². The van der Waals surface area contributed by atoms with Crippen LogP contribution in [0.25, 0.3) is 0 Å². The molecule has 0 saturated heterocycles. The standard InChI is InChI=1S/C13H21N3S2/c1-7(2)11-6-17-13(16-11)15-9(4)12-8(3)14-10(5)18-12/h7,9,11H,6H2,1-5H3,(H,15,16). The SMILES string of the molecule is Cc1nc(C)c(C(C)NC2=NC(C(C)C)CS2)s1. The molecule has 5 heteroatoms. The van der Waals surface area contributed by atoms with Gasteiger partial charge in [-0.3, -0.25) is 4.99 Å². The molecule has 1 N–H and O–H groups in total. The van der Waals surface area contributed by atoms with Crippen molar-refractivity contribution in [1.82, 2.24) is 10.3 Å². The molecule has 0 aromatic carbocycles. The van der Waals surface area contributed by atoms with Crippen LogP contribution < -0.4 is 5.32 Å². The molecule has 2 rings (SSSR count). The van der Waals surface area contributed by atoms with Crippen molar-refractivity contribution in [2.45, 2.75) is 46.7 Å². The zero-order valence-electron chi connectivity index (χ0n) is 11.7. The van der Waals surface area contributed by atoms with E-state index in [1.165, 1.54) is 4.88 Å². The Kier molecular flexibility index (Phi) is 4.33. The number of rotatable bonds is 3. The topological polar surface area (TPSA) is 37.3 Å². The van der Waals surface area contributed by atoms with Crippen molar-refractivity contribution in [3.63, 3.8) is 0 Å². The highest BCUT2D eigenvalue weighted by atomic mass is 32.2. The number of thioether (sulfide) groups is 1. The Bertz CT molecular complexity index is 451. The maximum absolute atomic E-state index is 4.74. The Labute approximate surface area is 118 Å². The summed E-state index contributed by atoms with van der Waals surface area (Å²) in [4.78, 5) is 10.5. The lowest BCUT2D eigenvalue weighted by molar-refractivity contribution is 0.541. The molecule has 100 valence electrons. The highest BCUT2D eigenvalue weighted by molar-refractivity contribution is 8.14. The van der Waals surface area contributed by atoms with Gasteiger partial charge in [-0.15, -0.1) is 11.3 Å². The van der Waals surface area contributed by atoms with E-state index in [1.807, 2.05) is 11.8 Å². The Hall–Kier alpha value is -0.550. The van der Waals surface area contributed by atoms with Crippen LogP contribution in [-0.4, -0.2) is 21.9 Å². The molecule has 1 aromatic heterocycles. The summed E-state index contributed by atoms with van der Waals surface area (Å²) in [5.41, 5.74) is 1.14. The van der Waals surface area contributed by atoms with Crippen molar-refractivity contribution >= 4 is 28.3 Å². The third-order valence-electron chi connectivity index (χ3n) is 3.12. The van der Waals surface area contributed by atoms with E-state index in [4.69, 9.17) is 4.99 Å². The first-order valence-electron chi connectivity index (χ1n) is 6.38. The Morgan fingerprint density at radius 2 is 2.00 bits per heavy atom. The fourth-order valence-electron chi connectivity index (χ4n) is 2.01. The Balaban J connectivity index is 2.02. The number of hydrogen-bond acceptors (Lipinski definition) is 5. The van der Waals surface area contributed by atoms with Crippen LogP contribution in [0, 0.1) is 19.8 Å². The predicted octanol–water partition coefficient (Wildman–Crippen LogP) is 3.54. The van der Waals surface area contributed by atoms with Gasteiger partial charge in [-0.25, -0.2) is 4.98 Å². The van der Waals surface area contributed by atoms with Gasteiger partial charge < -0.3 is 5.32 Å². The fourth-order valence-corrected chi connectivity index (χ4v) is 4.20. The summed E-state index contributed by atoms with van der Waals surface area (Å²) >= 11 is 3.61. The molecule has 0 bridgehead atoms. The third kappa shape index (κ3) is 3.06. The molecule has 0 spiro atoms. The summed E-state index contributed by atoms with van der Waals surface area (Å²) in [6, 6.07) is 0.766. The predicted molar refractivity (Wildman–Crippen MR) is 81.7 cm³/mol. The summed E-state index contributed by atoms with van der Waals surface area (Å²) < 4.78 is 0. The van der Waals surface area contributed by atoms with Crippen LogP contribution >= 0.6 is 23.1 Å². The van der Waals surface area contributed by atoms with Crippen molar-refractivity contribution in [3.8, 4) is 0 Å². The van der Waals surface area contributed by atoms with Gasteiger partial charge in [-0.1, -0.05) is 25.6 Å². The second-order valence-corrected chi connectivity index (χ2v) is 7.35. The molecule has 1 aliphatic heterocycles. The van der Waals surface area contributed by atoms with Crippen LogP contribution in [0.4, 0.5) is 0 Å². The third-order valence-corrected chi connectivity index (χ3v) is 5.38. The van der Waals surface area contributed by atoms with Crippen molar-refractivity contribution in [1.29, 1.82) is 0 Å². The maximum atomic E-state index is 4.74. The number of aryl methyl sites for hydroxylation is 2. The Morgan fingerprint density at radius 1 is 1.28 bits per heavy atom. The second kappa shape index (κ2) is 5.61. The number of aliphatic imine (C=N–C) groups is 1. The lowest BCUT2D eigenvalue weighted by Crippen LogP contribution is -2.23. The van der Waals surface area contributed by atoms with E-state index in [-0.39, 0.29) is 0 Å². The number of hydrogen-bond donors (Lipinski definition) is 1. The molecule has 2 unspecified atom stereocenters. The lowest BCUT2D eigenvalue weighted by Gasteiger charge is -2.13. The molecule has 2 heterocycles. The Morgan fingerprint density at radius 3 is 2.50 bits per heavy atom. The molecule has 0 aliphatic carbocycles. The van der Waals surface area contributed by atoms with Gasteiger partial charge in [0.2, 0.25) is 0 Å². The molecule has 0 amide bonds. The van der Waals surface area contributed by atoms with Crippen molar-refractivity contribution in [2.75, 3.05) is 5.75 Å². The number of thiazole rings is 1. The maximum Gasteiger partial charge on any atom is 0.157 e. The van der Waals surface area contributed by atoms with E-state index in [0.717, 1.165) is 21.6 Å². The summed E-state index contributed by atoms with van der Waals surface area (Å²) in [5.74, 6) is 1.73. The highest BCUT2D eigenvalue weighted by Crippen LogP contribution is 2.27. The van der Waals surface area contributed by atoms with Crippen molar-refractivity contribution < 1.29 is 0 Å². The first-order valence-corrected chi connectivity index (χ1v) is 8.18. The molecule has 0 radical (unpaired) electrons. The van der Waals surface area contributed by atoms with E-state index in [9.17, 15) is 0 Å². The van der Waals surface area contributed by atoms with Crippen LogP contribution in [0.1, 0.15) is 42.4 Å². The van der Waals surface area contributed by atoms with Gasteiger partial charge in [-0.2, -0.15) is 0 Å². The summed E-state index contributed by atoms with van der Waals surface area (Å²) in [7, 11) is 0.